The van der Waals surface area contributed by atoms with Crippen LogP contribution in [0, 0.1) is 0 Å². The lowest BCUT2D eigenvalue weighted by molar-refractivity contribution is 0.102. The molecule has 2 aliphatic heterocycles. The van der Waals surface area contributed by atoms with Crippen LogP contribution in [0.25, 0.3) is 22.0 Å². The number of benzene rings is 1. The van der Waals surface area contributed by atoms with E-state index in [1.807, 2.05) is 42.7 Å². The molecule has 2 fully saturated rings. The Morgan fingerprint density at radius 2 is 1.72 bits per heavy atom. The monoisotopic (exact) mass is 481 g/mol. The Bertz CT molecular complexity index is 1350. The van der Waals surface area contributed by atoms with E-state index in [1.54, 1.807) is 6.20 Å². The number of carbonyl (C=O) groups excluding carboxylic acids is 1. The van der Waals surface area contributed by atoms with Gasteiger partial charge in [-0.05, 0) is 80.2 Å². The molecule has 0 atom stereocenters. The van der Waals surface area contributed by atoms with Crippen molar-refractivity contribution >= 4 is 28.3 Å². The zero-order valence-electron chi connectivity index (χ0n) is 20.4. The lowest BCUT2D eigenvalue weighted by atomic mass is 10.0. The van der Waals surface area contributed by atoms with Gasteiger partial charge in [0.1, 0.15) is 5.82 Å². The van der Waals surface area contributed by atoms with E-state index in [0.29, 0.717) is 11.4 Å². The van der Waals surface area contributed by atoms with Gasteiger partial charge in [-0.3, -0.25) is 19.8 Å². The summed E-state index contributed by atoms with van der Waals surface area (Å²) in [6.45, 7) is 5.31. The second-order valence-electron chi connectivity index (χ2n) is 9.80. The lowest BCUT2D eigenvalue weighted by Crippen LogP contribution is -2.29. The zero-order chi connectivity index (χ0) is 24.3. The molecule has 8 heteroatoms. The molecule has 0 unspecified atom stereocenters. The maximum absolute atomic E-state index is 13.1. The second kappa shape index (κ2) is 10.1. The average Bonchev–Trinajstić information content (AvgIpc) is 3.60. The summed E-state index contributed by atoms with van der Waals surface area (Å²) in [6, 6.07) is 12.1. The summed E-state index contributed by atoms with van der Waals surface area (Å²) in [5, 5.41) is 11.0. The van der Waals surface area contributed by atoms with Crippen LogP contribution in [0.15, 0.2) is 55.0 Å². The summed E-state index contributed by atoms with van der Waals surface area (Å²) in [4.78, 5) is 26.9. The number of amides is 1. The number of piperidine rings is 1. The molecule has 0 spiro atoms. The average molecular weight is 482 g/mol. The normalized spacial score (nSPS) is 16.5. The molecule has 2 aliphatic rings. The van der Waals surface area contributed by atoms with E-state index >= 15 is 0 Å². The van der Waals surface area contributed by atoms with E-state index in [4.69, 9.17) is 0 Å². The van der Waals surface area contributed by atoms with Gasteiger partial charge < -0.3 is 10.2 Å². The molecule has 0 aliphatic carbocycles. The molecule has 2 N–H and O–H groups in total. The third-order valence-corrected chi connectivity index (χ3v) is 7.20. The van der Waals surface area contributed by atoms with Gasteiger partial charge in [0.25, 0.3) is 5.91 Å². The second-order valence-corrected chi connectivity index (χ2v) is 9.80. The number of pyridine rings is 2. The molecule has 3 aromatic heterocycles. The highest BCUT2D eigenvalue weighted by atomic mass is 16.1. The molecule has 0 saturated carbocycles. The molecular formula is C28H31N7O. The Kier molecular flexibility index (Phi) is 6.34. The van der Waals surface area contributed by atoms with Crippen LogP contribution >= 0.6 is 0 Å². The van der Waals surface area contributed by atoms with E-state index in [0.717, 1.165) is 60.6 Å². The van der Waals surface area contributed by atoms with E-state index < -0.39 is 0 Å². The van der Waals surface area contributed by atoms with Crippen molar-refractivity contribution in [2.75, 3.05) is 36.4 Å². The molecule has 0 bridgehead atoms. The number of nitrogens with zero attached hydrogens (tertiary/aromatic N) is 5. The molecule has 184 valence electrons. The fourth-order valence-corrected chi connectivity index (χ4v) is 5.26. The number of aromatic amines is 1. The highest BCUT2D eigenvalue weighted by Crippen LogP contribution is 2.27. The van der Waals surface area contributed by atoms with Crippen LogP contribution in [-0.4, -0.2) is 57.2 Å². The number of carbonyl (C=O) groups is 1. The highest BCUT2D eigenvalue weighted by Gasteiger charge is 2.17. The molecule has 36 heavy (non-hydrogen) atoms. The van der Waals surface area contributed by atoms with Gasteiger partial charge in [-0.1, -0.05) is 12.5 Å². The predicted molar refractivity (Wildman–Crippen MR) is 142 cm³/mol. The van der Waals surface area contributed by atoms with E-state index in [2.05, 4.69) is 41.3 Å². The Hall–Kier alpha value is -3.78. The standard InChI is InChI=1S/C28H31N7O/c36-28(31-23-7-9-26(30-18-23)35-12-4-5-13-35)27-24-15-21(6-8-25(24)32-33-27)22-14-20(16-29-17-22)19-34-10-2-1-3-11-34/h6-9,14-18H,1-5,10-13,19H2,(H,31,36)(H,32,33). The summed E-state index contributed by atoms with van der Waals surface area (Å²) in [6.07, 6.45) is 11.8. The van der Waals surface area contributed by atoms with Crippen molar-refractivity contribution in [2.45, 2.75) is 38.6 Å². The number of hydrogen-bond donors (Lipinski definition) is 2. The van der Waals surface area contributed by atoms with Crippen LogP contribution in [0.5, 0.6) is 0 Å². The summed E-state index contributed by atoms with van der Waals surface area (Å²) < 4.78 is 0. The fourth-order valence-electron chi connectivity index (χ4n) is 5.26. The van der Waals surface area contributed by atoms with E-state index in [1.165, 1.54) is 37.7 Å². The largest absolute Gasteiger partial charge is 0.357 e. The van der Waals surface area contributed by atoms with Gasteiger partial charge in [0.05, 0.1) is 17.4 Å². The Labute approximate surface area is 210 Å². The van der Waals surface area contributed by atoms with E-state index in [9.17, 15) is 4.79 Å². The van der Waals surface area contributed by atoms with Crippen LogP contribution in [-0.2, 0) is 6.54 Å². The molecule has 6 rings (SSSR count). The number of H-pyrrole nitrogens is 1. The molecule has 5 heterocycles. The van der Waals surface area contributed by atoms with Gasteiger partial charge in [-0.25, -0.2) is 4.98 Å². The quantitative estimate of drug-likeness (QED) is 0.409. The van der Waals surface area contributed by atoms with Gasteiger partial charge in [-0.15, -0.1) is 0 Å². The Balaban J connectivity index is 1.20. The lowest BCUT2D eigenvalue weighted by Gasteiger charge is -2.26. The molecule has 2 saturated heterocycles. The molecule has 0 radical (unpaired) electrons. The first kappa shape index (κ1) is 22.7. The predicted octanol–water partition coefficient (Wildman–Crippen LogP) is 4.86. The molecular weight excluding hydrogens is 450 g/mol. The number of fused-ring (bicyclic) bond motifs is 1. The van der Waals surface area contributed by atoms with Crippen LogP contribution in [0.1, 0.15) is 48.2 Å². The summed E-state index contributed by atoms with van der Waals surface area (Å²) in [7, 11) is 0. The molecule has 8 nitrogen and oxygen atoms in total. The number of likely N-dealkylation sites (tertiary alicyclic amines) is 1. The SMILES string of the molecule is O=C(Nc1ccc(N2CCCC2)nc1)c1n[nH]c2ccc(-c3cncc(CN4CCCCC4)c3)cc12. The minimum atomic E-state index is -0.258. The van der Waals surface area contributed by atoms with Gasteiger partial charge >= 0.3 is 0 Å². The topological polar surface area (TPSA) is 90.0 Å². The molecule has 4 aromatic rings. The third kappa shape index (κ3) is 4.81. The minimum Gasteiger partial charge on any atom is -0.357 e. The fraction of sp³-hybridized carbons (Fsp3) is 0.357. The smallest absolute Gasteiger partial charge is 0.276 e. The number of anilines is 2. The zero-order valence-corrected chi connectivity index (χ0v) is 20.4. The first-order valence-corrected chi connectivity index (χ1v) is 12.9. The van der Waals surface area contributed by atoms with E-state index in [-0.39, 0.29) is 5.91 Å². The third-order valence-electron chi connectivity index (χ3n) is 7.20. The first-order valence-electron chi connectivity index (χ1n) is 12.9. The van der Waals surface area contributed by atoms with Crippen molar-refractivity contribution in [3.8, 4) is 11.1 Å². The van der Waals surface area contributed by atoms with Crippen molar-refractivity contribution in [1.29, 1.82) is 0 Å². The van der Waals surface area contributed by atoms with Gasteiger partial charge in [0.2, 0.25) is 0 Å². The Morgan fingerprint density at radius 1 is 0.889 bits per heavy atom. The number of hydrogen-bond acceptors (Lipinski definition) is 6. The van der Waals surface area contributed by atoms with Crippen LogP contribution < -0.4 is 10.2 Å². The number of aromatic nitrogens is 4. The minimum absolute atomic E-state index is 0.258. The number of nitrogens with one attached hydrogen (secondary N) is 2. The molecule has 1 aromatic carbocycles. The maximum atomic E-state index is 13.1. The Morgan fingerprint density at radius 3 is 2.53 bits per heavy atom. The summed E-state index contributed by atoms with van der Waals surface area (Å²) in [5.41, 5.74) is 5.12. The van der Waals surface area contributed by atoms with Crippen molar-refractivity contribution in [3.63, 3.8) is 0 Å². The van der Waals surface area contributed by atoms with Crippen molar-refractivity contribution in [3.05, 3.63) is 66.2 Å². The van der Waals surface area contributed by atoms with Crippen molar-refractivity contribution < 1.29 is 4.79 Å². The highest BCUT2D eigenvalue weighted by molar-refractivity contribution is 6.11. The maximum Gasteiger partial charge on any atom is 0.276 e. The van der Waals surface area contributed by atoms with Crippen LogP contribution in [0.4, 0.5) is 11.5 Å². The molecule has 1 amide bonds. The van der Waals surface area contributed by atoms with Crippen LogP contribution in [0.3, 0.4) is 0 Å². The van der Waals surface area contributed by atoms with Crippen molar-refractivity contribution in [2.24, 2.45) is 0 Å². The van der Waals surface area contributed by atoms with Gasteiger partial charge in [0, 0.05) is 43.0 Å². The summed E-state index contributed by atoms with van der Waals surface area (Å²) >= 11 is 0. The summed E-state index contributed by atoms with van der Waals surface area (Å²) in [5.74, 6) is 0.697. The van der Waals surface area contributed by atoms with Crippen molar-refractivity contribution in [1.82, 2.24) is 25.1 Å². The van der Waals surface area contributed by atoms with Crippen LogP contribution in [0.2, 0.25) is 0 Å². The van der Waals surface area contributed by atoms with Gasteiger partial charge in [0.15, 0.2) is 5.69 Å². The number of rotatable bonds is 6. The van der Waals surface area contributed by atoms with Gasteiger partial charge in [-0.2, -0.15) is 5.10 Å². The first-order chi connectivity index (χ1) is 17.7.